The van der Waals surface area contributed by atoms with E-state index in [2.05, 4.69) is 13.8 Å². The van der Waals surface area contributed by atoms with Crippen molar-refractivity contribution in [3.05, 3.63) is 0 Å². The van der Waals surface area contributed by atoms with E-state index in [9.17, 15) is 0 Å². The standard InChI is InChI=1S/C10H23NO3/c1-8(2)7-13-4-5-14-10(6-12)9(3)11/h8-10,12H,4-7,11H2,1-3H3. The zero-order valence-electron chi connectivity index (χ0n) is 9.40. The maximum absolute atomic E-state index is 8.90. The number of aliphatic hydroxyl groups excluding tert-OH is 1. The lowest BCUT2D eigenvalue weighted by molar-refractivity contribution is -0.0306. The minimum absolute atomic E-state index is 0.0398. The molecule has 0 heterocycles. The predicted octanol–water partition coefficient (Wildman–Crippen LogP) is 0.384. The van der Waals surface area contributed by atoms with Crippen molar-refractivity contribution in [2.75, 3.05) is 26.4 Å². The van der Waals surface area contributed by atoms with Crippen LogP contribution in [-0.2, 0) is 9.47 Å². The Balaban J connectivity index is 3.33. The van der Waals surface area contributed by atoms with Gasteiger partial charge in [-0.05, 0) is 12.8 Å². The fraction of sp³-hybridized carbons (Fsp3) is 1.00. The second kappa shape index (κ2) is 8.17. The number of nitrogens with two attached hydrogens (primary N) is 1. The maximum Gasteiger partial charge on any atom is 0.0954 e. The van der Waals surface area contributed by atoms with Crippen molar-refractivity contribution in [2.45, 2.75) is 32.9 Å². The molecule has 0 saturated heterocycles. The molecule has 0 aromatic rings. The van der Waals surface area contributed by atoms with Crippen LogP contribution in [-0.4, -0.2) is 43.7 Å². The molecule has 0 rings (SSSR count). The highest BCUT2D eigenvalue weighted by molar-refractivity contribution is 4.66. The average molecular weight is 205 g/mol. The van der Waals surface area contributed by atoms with E-state index in [4.69, 9.17) is 20.3 Å². The highest BCUT2D eigenvalue weighted by Gasteiger charge is 2.12. The summed E-state index contributed by atoms with van der Waals surface area (Å²) in [5.74, 6) is 0.539. The lowest BCUT2D eigenvalue weighted by atomic mass is 10.2. The molecular formula is C10H23NO3. The molecule has 2 atom stereocenters. The Labute approximate surface area is 86.4 Å². The van der Waals surface area contributed by atoms with E-state index in [-0.39, 0.29) is 18.8 Å². The molecule has 0 spiro atoms. The molecular weight excluding hydrogens is 182 g/mol. The smallest absolute Gasteiger partial charge is 0.0954 e. The Morgan fingerprint density at radius 3 is 2.29 bits per heavy atom. The van der Waals surface area contributed by atoms with Gasteiger partial charge in [-0.25, -0.2) is 0 Å². The van der Waals surface area contributed by atoms with Crippen LogP contribution >= 0.6 is 0 Å². The number of ether oxygens (including phenoxy) is 2. The first-order chi connectivity index (χ1) is 6.57. The summed E-state index contributed by atoms with van der Waals surface area (Å²) in [5.41, 5.74) is 5.58. The van der Waals surface area contributed by atoms with Crippen LogP contribution in [0.2, 0.25) is 0 Å². The third-order valence-electron chi connectivity index (χ3n) is 1.78. The van der Waals surface area contributed by atoms with Gasteiger partial charge in [0.25, 0.3) is 0 Å². The molecule has 0 radical (unpaired) electrons. The zero-order chi connectivity index (χ0) is 11.0. The van der Waals surface area contributed by atoms with Crippen molar-refractivity contribution in [1.29, 1.82) is 0 Å². The minimum Gasteiger partial charge on any atom is -0.394 e. The molecule has 0 bridgehead atoms. The number of hydrogen-bond donors (Lipinski definition) is 2. The molecule has 4 heteroatoms. The van der Waals surface area contributed by atoms with Crippen molar-refractivity contribution in [1.82, 2.24) is 0 Å². The van der Waals surface area contributed by atoms with Gasteiger partial charge in [0, 0.05) is 12.6 Å². The molecule has 0 saturated carbocycles. The van der Waals surface area contributed by atoms with Crippen molar-refractivity contribution in [3.8, 4) is 0 Å². The maximum atomic E-state index is 8.90. The molecule has 0 aliphatic heterocycles. The predicted molar refractivity (Wildman–Crippen MR) is 56.1 cm³/mol. The first-order valence-electron chi connectivity index (χ1n) is 5.13. The second-order valence-corrected chi connectivity index (χ2v) is 3.92. The number of hydrogen-bond acceptors (Lipinski definition) is 4. The van der Waals surface area contributed by atoms with Crippen LogP contribution < -0.4 is 5.73 Å². The van der Waals surface area contributed by atoms with Gasteiger partial charge in [0.2, 0.25) is 0 Å². The summed E-state index contributed by atoms with van der Waals surface area (Å²) in [5, 5.41) is 8.90. The van der Waals surface area contributed by atoms with Gasteiger partial charge in [-0.15, -0.1) is 0 Å². The Morgan fingerprint density at radius 1 is 1.21 bits per heavy atom. The van der Waals surface area contributed by atoms with Gasteiger partial charge in [-0.1, -0.05) is 13.8 Å². The van der Waals surface area contributed by atoms with Gasteiger partial charge in [0.1, 0.15) is 0 Å². The topological polar surface area (TPSA) is 64.7 Å². The molecule has 3 N–H and O–H groups in total. The molecule has 86 valence electrons. The summed E-state index contributed by atoms with van der Waals surface area (Å²) in [4.78, 5) is 0. The molecule has 0 aliphatic rings. The molecule has 0 aromatic carbocycles. The van der Waals surface area contributed by atoms with Crippen LogP contribution in [0.4, 0.5) is 0 Å². The molecule has 0 aliphatic carbocycles. The molecule has 4 nitrogen and oxygen atoms in total. The molecule has 0 amide bonds. The Morgan fingerprint density at radius 2 is 1.86 bits per heavy atom. The molecule has 2 unspecified atom stereocenters. The van der Waals surface area contributed by atoms with Crippen molar-refractivity contribution in [2.24, 2.45) is 11.7 Å². The average Bonchev–Trinajstić information content (AvgIpc) is 2.10. The summed E-state index contributed by atoms with van der Waals surface area (Å²) in [6.07, 6.45) is -0.280. The molecule has 0 fully saturated rings. The van der Waals surface area contributed by atoms with Crippen molar-refractivity contribution in [3.63, 3.8) is 0 Å². The first-order valence-corrected chi connectivity index (χ1v) is 5.13. The highest BCUT2D eigenvalue weighted by atomic mass is 16.5. The highest BCUT2D eigenvalue weighted by Crippen LogP contribution is 1.97. The first kappa shape index (κ1) is 13.8. The van der Waals surface area contributed by atoms with Gasteiger partial charge in [0.05, 0.1) is 25.9 Å². The van der Waals surface area contributed by atoms with Crippen LogP contribution in [0.3, 0.4) is 0 Å². The van der Waals surface area contributed by atoms with E-state index in [1.807, 2.05) is 6.92 Å². The van der Waals surface area contributed by atoms with Gasteiger partial charge in [-0.3, -0.25) is 0 Å². The fourth-order valence-electron chi connectivity index (χ4n) is 0.948. The Kier molecular flexibility index (Phi) is 8.08. The van der Waals surface area contributed by atoms with E-state index >= 15 is 0 Å². The third kappa shape index (κ3) is 7.26. The van der Waals surface area contributed by atoms with Crippen molar-refractivity contribution >= 4 is 0 Å². The van der Waals surface area contributed by atoms with E-state index in [0.717, 1.165) is 6.61 Å². The van der Waals surface area contributed by atoms with Gasteiger partial charge in [-0.2, -0.15) is 0 Å². The summed E-state index contributed by atoms with van der Waals surface area (Å²) < 4.78 is 10.7. The molecule has 0 aromatic heterocycles. The van der Waals surface area contributed by atoms with Crippen LogP contribution in [0.25, 0.3) is 0 Å². The SMILES string of the molecule is CC(C)COCCOC(CO)C(C)N. The lowest BCUT2D eigenvalue weighted by Gasteiger charge is -2.18. The van der Waals surface area contributed by atoms with Gasteiger partial charge < -0.3 is 20.3 Å². The number of aliphatic hydroxyl groups is 1. The largest absolute Gasteiger partial charge is 0.394 e. The van der Waals surface area contributed by atoms with Gasteiger partial charge >= 0.3 is 0 Å². The van der Waals surface area contributed by atoms with Crippen LogP contribution in [0.5, 0.6) is 0 Å². The number of rotatable bonds is 8. The van der Waals surface area contributed by atoms with Gasteiger partial charge in [0.15, 0.2) is 0 Å². The van der Waals surface area contributed by atoms with E-state index in [1.165, 1.54) is 0 Å². The second-order valence-electron chi connectivity index (χ2n) is 3.92. The Hall–Kier alpha value is -0.160. The summed E-state index contributed by atoms with van der Waals surface area (Å²) in [6.45, 7) is 7.75. The van der Waals surface area contributed by atoms with Crippen LogP contribution in [0, 0.1) is 5.92 Å². The van der Waals surface area contributed by atoms with Crippen LogP contribution in [0.15, 0.2) is 0 Å². The molecule has 14 heavy (non-hydrogen) atoms. The monoisotopic (exact) mass is 205 g/mol. The minimum atomic E-state index is -0.280. The van der Waals surface area contributed by atoms with E-state index in [1.54, 1.807) is 0 Å². The Bertz CT molecular complexity index is 129. The summed E-state index contributed by atoms with van der Waals surface area (Å²) in [7, 11) is 0. The third-order valence-corrected chi connectivity index (χ3v) is 1.78. The fourth-order valence-corrected chi connectivity index (χ4v) is 0.948. The lowest BCUT2D eigenvalue weighted by Crippen LogP contribution is -2.37. The van der Waals surface area contributed by atoms with E-state index < -0.39 is 0 Å². The quantitative estimate of drug-likeness (QED) is 0.562. The zero-order valence-corrected chi connectivity index (χ0v) is 9.40. The summed E-state index contributed by atoms with van der Waals surface area (Å²) in [6, 6.07) is -0.148. The normalized spacial score (nSPS) is 15.9. The summed E-state index contributed by atoms with van der Waals surface area (Å²) >= 11 is 0. The van der Waals surface area contributed by atoms with Crippen molar-refractivity contribution < 1.29 is 14.6 Å². The van der Waals surface area contributed by atoms with E-state index in [0.29, 0.717) is 19.1 Å². The van der Waals surface area contributed by atoms with Crippen LogP contribution in [0.1, 0.15) is 20.8 Å².